The van der Waals surface area contributed by atoms with E-state index < -0.39 is 4.92 Å². The molecule has 1 heterocycles. The van der Waals surface area contributed by atoms with E-state index >= 15 is 0 Å². The lowest BCUT2D eigenvalue weighted by Gasteiger charge is -2.06. The quantitative estimate of drug-likeness (QED) is 0.534. The lowest BCUT2D eigenvalue weighted by molar-refractivity contribution is -0.384. The van der Waals surface area contributed by atoms with Crippen LogP contribution in [-0.4, -0.2) is 9.91 Å². The summed E-state index contributed by atoms with van der Waals surface area (Å²) in [5.74, 6) is 0.755. The number of pyridine rings is 1. The number of nitrogen functional groups attached to an aromatic ring is 1. The van der Waals surface area contributed by atoms with E-state index in [4.69, 9.17) is 10.5 Å². The van der Waals surface area contributed by atoms with Gasteiger partial charge in [0.1, 0.15) is 11.5 Å². The number of ether oxygens (including phenoxy) is 1. The van der Waals surface area contributed by atoms with E-state index in [0.29, 0.717) is 11.5 Å². The predicted octanol–water partition coefficient (Wildman–Crippen LogP) is 3.13. The Hall–Kier alpha value is -2.15. The van der Waals surface area contributed by atoms with Crippen LogP contribution in [0.1, 0.15) is 0 Å². The molecule has 0 atom stereocenters. The fourth-order valence-corrected chi connectivity index (χ4v) is 1.70. The van der Waals surface area contributed by atoms with Crippen molar-refractivity contribution in [1.82, 2.24) is 4.98 Å². The molecule has 0 radical (unpaired) electrons. The first kappa shape index (κ1) is 12.3. The Bertz CT molecular complexity index is 604. The maximum absolute atomic E-state index is 10.7. The molecule has 2 N–H and O–H groups in total. The summed E-state index contributed by atoms with van der Waals surface area (Å²) in [5, 5.41) is 10.7. The second-order valence-electron chi connectivity index (χ2n) is 3.46. The number of nitro groups is 1. The number of non-ortho nitro benzene ring substituents is 1. The third-order valence-corrected chi connectivity index (χ3v) is 2.47. The summed E-state index contributed by atoms with van der Waals surface area (Å²) in [6.45, 7) is 0. The van der Waals surface area contributed by atoms with Crippen LogP contribution >= 0.6 is 15.9 Å². The van der Waals surface area contributed by atoms with Crippen molar-refractivity contribution < 1.29 is 9.66 Å². The van der Waals surface area contributed by atoms with Gasteiger partial charge in [0.15, 0.2) is 0 Å². The number of rotatable bonds is 3. The van der Waals surface area contributed by atoms with Crippen molar-refractivity contribution in [2.24, 2.45) is 0 Å². The van der Waals surface area contributed by atoms with Crippen LogP contribution in [0.2, 0.25) is 0 Å². The maximum Gasteiger partial charge on any atom is 0.275 e. The summed E-state index contributed by atoms with van der Waals surface area (Å²) in [6.07, 6.45) is 3.11. The Labute approximate surface area is 111 Å². The van der Waals surface area contributed by atoms with E-state index in [0.717, 1.165) is 4.47 Å². The Morgan fingerprint density at radius 1 is 1.22 bits per heavy atom. The molecule has 92 valence electrons. The minimum Gasteiger partial charge on any atom is -0.455 e. The SMILES string of the molecule is Nc1cc(Oc2cncc(Br)c2)cc([N+](=O)[O-])c1. The van der Waals surface area contributed by atoms with Gasteiger partial charge in [-0.2, -0.15) is 0 Å². The van der Waals surface area contributed by atoms with Gasteiger partial charge in [0, 0.05) is 28.5 Å². The van der Waals surface area contributed by atoms with Gasteiger partial charge in [0.25, 0.3) is 5.69 Å². The van der Waals surface area contributed by atoms with Gasteiger partial charge >= 0.3 is 0 Å². The minimum absolute atomic E-state index is 0.118. The number of hydrogen-bond donors (Lipinski definition) is 1. The van der Waals surface area contributed by atoms with Crippen LogP contribution in [0.5, 0.6) is 11.5 Å². The standard InChI is InChI=1S/C11H8BrN3O3/c12-7-1-11(6-14-5-7)18-10-3-8(13)2-9(4-10)15(16)17/h1-6H,13H2. The van der Waals surface area contributed by atoms with Crippen LogP contribution in [0.25, 0.3) is 0 Å². The molecule has 1 aromatic heterocycles. The number of nitro benzene ring substituents is 1. The highest BCUT2D eigenvalue weighted by molar-refractivity contribution is 9.10. The van der Waals surface area contributed by atoms with Gasteiger partial charge in [-0.3, -0.25) is 15.1 Å². The van der Waals surface area contributed by atoms with Gasteiger partial charge in [-0.05, 0) is 22.0 Å². The first-order valence-electron chi connectivity index (χ1n) is 4.88. The van der Waals surface area contributed by atoms with Gasteiger partial charge in [-0.15, -0.1) is 0 Å². The molecule has 2 rings (SSSR count). The van der Waals surface area contributed by atoms with E-state index in [1.54, 1.807) is 12.3 Å². The second-order valence-corrected chi connectivity index (χ2v) is 4.37. The van der Waals surface area contributed by atoms with Crippen molar-refractivity contribution in [3.8, 4) is 11.5 Å². The molecule has 0 aliphatic heterocycles. The van der Waals surface area contributed by atoms with Crippen molar-refractivity contribution >= 4 is 27.3 Å². The summed E-state index contributed by atoms with van der Waals surface area (Å²) in [7, 11) is 0. The average molecular weight is 310 g/mol. The summed E-state index contributed by atoms with van der Waals surface area (Å²) in [4.78, 5) is 14.1. The number of halogens is 1. The lowest BCUT2D eigenvalue weighted by Crippen LogP contribution is -1.93. The van der Waals surface area contributed by atoms with Crippen LogP contribution in [-0.2, 0) is 0 Å². The lowest BCUT2D eigenvalue weighted by atomic mass is 10.2. The fraction of sp³-hybridized carbons (Fsp3) is 0. The van der Waals surface area contributed by atoms with Crippen molar-refractivity contribution in [2.75, 3.05) is 5.73 Å². The van der Waals surface area contributed by atoms with Crippen molar-refractivity contribution in [1.29, 1.82) is 0 Å². The molecule has 7 heteroatoms. The Morgan fingerprint density at radius 2 is 2.00 bits per heavy atom. The normalized spacial score (nSPS) is 10.1. The number of nitrogens with two attached hydrogens (primary N) is 1. The second kappa shape index (κ2) is 5.01. The van der Waals surface area contributed by atoms with Gasteiger partial charge in [-0.1, -0.05) is 0 Å². The molecule has 2 aromatic rings. The number of aromatic nitrogens is 1. The molecule has 0 saturated heterocycles. The van der Waals surface area contributed by atoms with Crippen molar-refractivity contribution in [2.45, 2.75) is 0 Å². The predicted molar refractivity (Wildman–Crippen MR) is 69.5 cm³/mol. The van der Waals surface area contributed by atoms with E-state index in [9.17, 15) is 10.1 Å². The number of benzene rings is 1. The zero-order valence-corrected chi connectivity index (χ0v) is 10.6. The number of anilines is 1. The molecule has 0 unspecified atom stereocenters. The average Bonchev–Trinajstić information content (AvgIpc) is 2.28. The van der Waals surface area contributed by atoms with Crippen LogP contribution < -0.4 is 10.5 Å². The summed E-state index contributed by atoms with van der Waals surface area (Å²) < 4.78 is 6.20. The molecule has 0 aliphatic carbocycles. The Kier molecular flexibility index (Phi) is 3.42. The number of hydrogen-bond acceptors (Lipinski definition) is 5. The van der Waals surface area contributed by atoms with E-state index in [-0.39, 0.29) is 11.4 Å². The zero-order valence-electron chi connectivity index (χ0n) is 9.04. The fourth-order valence-electron chi connectivity index (χ4n) is 1.35. The largest absolute Gasteiger partial charge is 0.455 e. The van der Waals surface area contributed by atoms with E-state index in [1.165, 1.54) is 24.4 Å². The van der Waals surface area contributed by atoms with Crippen LogP contribution in [0, 0.1) is 10.1 Å². The molecule has 0 spiro atoms. The highest BCUT2D eigenvalue weighted by atomic mass is 79.9. The Balaban J connectivity index is 2.31. The minimum atomic E-state index is -0.525. The van der Waals surface area contributed by atoms with E-state index in [1.807, 2.05) is 0 Å². The third-order valence-electron chi connectivity index (χ3n) is 2.04. The van der Waals surface area contributed by atoms with Crippen LogP contribution in [0.3, 0.4) is 0 Å². The molecule has 0 saturated carbocycles. The highest BCUT2D eigenvalue weighted by Gasteiger charge is 2.10. The summed E-state index contributed by atoms with van der Waals surface area (Å²) in [6, 6.07) is 5.78. The van der Waals surface area contributed by atoms with Crippen LogP contribution in [0.4, 0.5) is 11.4 Å². The molecule has 0 amide bonds. The monoisotopic (exact) mass is 309 g/mol. The van der Waals surface area contributed by atoms with Gasteiger partial charge < -0.3 is 10.5 Å². The molecule has 0 aliphatic rings. The summed E-state index contributed by atoms with van der Waals surface area (Å²) in [5.41, 5.74) is 5.72. The van der Waals surface area contributed by atoms with Gasteiger partial charge in [0.2, 0.25) is 0 Å². The molecular formula is C11H8BrN3O3. The maximum atomic E-state index is 10.7. The van der Waals surface area contributed by atoms with Gasteiger partial charge in [-0.25, -0.2) is 0 Å². The van der Waals surface area contributed by atoms with Crippen molar-refractivity contribution in [3.05, 3.63) is 51.2 Å². The molecule has 1 aromatic carbocycles. The van der Waals surface area contributed by atoms with Crippen molar-refractivity contribution in [3.63, 3.8) is 0 Å². The van der Waals surface area contributed by atoms with Crippen LogP contribution in [0.15, 0.2) is 41.1 Å². The molecule has 0 bridgehead atoms. The first-order chi connectivity index (χ1) is 8.54. The third kappa shape index (κ3) is 2.95. The highest BCUT2D eigenvalue weighted by Crippen LogP contribution is 2.28. The molecule has 0 fully saturated rings. The molecular weight excluding hydrogens is 302 g/mol. The number of nitrogens with zero attached hydrogens (tertiary/aromatic N) is 2. The Morgan fingerprint density at radius 3 is 2.67 bits per heavy atom. The smallest absolute Gasteiger partial charge is 0.275 e. The molecule has 6 nitrogen and oxygen atoms in total. The van der Waals surface area contributed by atoms with E-state index in [2.05, 4.69) is 20.9 Å². The summed E-state index contributed by atoms with van der Waals surface area (Å²) >= 11 is 3.25. The van der Waals surface area contributed by atoms with Gasteiger partial charge in [0.05, 0.1) is 17.2 Å². The zero-order chi connectivity index (χ0) is 13.1. The topological polar surface area (TPSA) is 91.3 Å². The molecule has 18 heavy (non-hydrogen) atoms. The first-order valence-corrected chi connectivity index (χ1v) is 5.67.